The SMILES string of the molecule is Cc1cc(Br)ccc1Nc1ccnc2c(C)cccc12. The molecule has 3 aromatic rings. The Bertz CT molecular complexity index is 781. The van der Waals surface area contributed by atoms with Crippen molar-refractivity contribution < 1.29 is 0 Å². The van der Waals surface area contributed by atoms with E-state index < -0.39 is 0 Å². The fourth-order valence-corrected chi connectivity index (χ4v) is 2.82. The maximum Gasteiger partial charge on any atom is 0.0751 e. The molecule has 2 aromatic carbocycles. The molecule has 1 N–H and O–H groups in total. The number of halogens is 1. The lowest BCUT2D eigenvalue weighted by Gasteiger charge is -2.12. The van der Waals surface area contributed by atoms with E-state index >= 15 is 0 Å². The van der Waals surface area contributed by atoms with Gasteiger partial charge in [-0.1, -0.05) is 34.1 Å². The molecule has 20 heavy (non-hydrogen) atoms. The number of pyridine rings is 1. The van der Waals surface area contributed by atoms with Crippen LogP contribution in [0.15, 0.2) is 53.1 Å². The average molecular weight is 327 g/mol. The van der Waals surface area contributed by atoms with Crippen molar-refractivity contribution in [3.63, 3.8) is 0 Å². The number of anilines is 2. The maximum atomic E-state index is 4.47. The van der Waals surface area contributed by atoms with E-state index in [0.29, 0.717) is 0 Å². The van der Waals surface area contributed by atoms with Gasteiger partial charge in [-0.3, -0.25) is 4.98 Å². The summed E-state index contributed by atoms with van der Waals surface area (Å²) in [7, 11) is 0. The van der Waals surface area contributed by atoms with Crippen LogP contribution in [0.5, 0.6) is 0 Å². The molecule has 0 fully saturated rings. The van der Waals surface area contributed by atoms with E-state index in [4.69, 9.17) is 0 Å². The van der Waals surface area contributed by atoms with Crippen molar-refractivity contribution >= 4 is 38.2 Å². The number of rotatable bonds is 2. The Balaban J connectivity index is 2.09. The predicted octanol–water partition coefficient (Wildman–Crippen LogP) is 5.36. The van der Waals surface area contributed by atoms with Gasteiger partial charge in [-0.2, -0.15) is 0 Å². The number of benzene rings is 2. The Morgan fingerprint density at radius 3 is 2.60 bits per heavy atom. The normalized spacial score (nSPS) is 10.8. The van der Waals surface area contributed by atoms with Crippen LogP contribution < -0.4 is 5.32 Å². The van der Waals surface area contributed by atoms with Gasteiger partial charge in [0, 0.05) is 27.4 Å². The maximum absolute atomic E-state index is 4.47. The molecule has 3 heteroatoms. The zero-order valence-electron chi connectivity index (χ0n) is 11.4. The molecule has 0 spiro atoms. The van der Waals surface area contributed by atoms with Crippen molar-refractivity contribution in [2.75, 3.05) is 5.32 Å². The number of fused-ring (bicyclic) bond motifs is 1. The first-order chi connectivity index (χ1) is 9.65. The van der Waals surface area contributed by atoms with Gasteiger partial charge in [0.05, 0.1) is 5.52 Å². The molecule has 0 aliphatic rings. The van der Waals surface area contributed by atoms with Crippen molar-refractivity contribution in [2.45, 2.75) is 13.8 Å². The summed E-state index contributed by atoms with van der Waals surface area (Å²) < 4.78 is 1.09. The number of hydrogen-bond donors (Lipinski definition) is 1. The lowest BCUT2D eigenvalue weighted by Crippen LogP contribution is -1.95. The van der Waals surface area contributed by atoms with E-state index in [1.807, 2.05) is 18.3 Å². The van der Waals surface area contributed by atoms with Crippen LogP contribution >= 0.6 is 15.9 Å². The summed E-state index contributed by atoms with van der Waals surface area (Å²) in [5, 5.41) is 4.66. The average Bonchev–Trinajstić information content (AvgIpc) is 2.43. The van der Waals surface area contributed by atoms with E-state index in [1.54, 1.807) is 0 Å². The van der Waals surface area contributed by atoms with Gasteiger partial charge >= 0.3 is 0 Å². The fraction of sp³-hybridized carbons (Fsp3) is 0.118. The number of hydrogen-bond acceptors (Lipinski definition) is 2. The second-order valence-electron chi connectivity index (χ2n) is 4.91. The Morgan fingerprint density at radius 1 is 0.950 bits per heavy atom. The minimum Gasteiger partial charge on any atom is -0.355 e. The molecule has 0 aliphatic carbocycles. The summed E-state index contributed by atoms with van der Waals surface area (Å²) in [5.74, 6) is 0. The van der Waals surface area contributed by atoms with Gasteiger partial charge in [0.1, 0.15) is 0 Å². The summed E-state index contributed by atoms with van der Waals surface area (Å²) in [6, 6.07) is 14.5. The van der Waals surface area contributed by atoms with Crippen LogP contribution in [0.3, 0.4) is 0 Å². The largest absolute Gasteiger partial charge is 0.355 e. The van der Waals surface area contributed by atoms with Gasteiger partial charge in [0.25, 0.3) is 0 Å². The van der Waals surface area contributed by atoms with E-state index in [1.165, 1.54) is 11.1 Å². The fourth-order valence-electron chi connectivity index (χ4n) is 2.35. The Morgan fingerprint density at radius 2 is 1.80 bits per heavy atom. The topological polar surface area (TPSA) is 24.9 Å². The highest BCUT2D eigenvalue weighted by molar-refractivity contribution is 9.10. The van der Waals surface area contributed by atoms with Crippen LogP contribution in [0, 0.1) is 13.8 Å². The molecule has 0 bridgehead atoms. The van der Waals surface area contributed by atoms with Crippen molar-refractivity contribution in [1.29, 1.82) is 0 Å². The van der Waals surface area contributed by atoms with E-state index in [-0.39, 0.29) is 0 Å². The molecule has 2 nitrogen and oxygen atoms in total. The molecule has 0 aliphatic heterocycles. The Hall–Kier alpha value is -1.87. The van der Waals surface area contributed by atoms with Crippen LogP contribution in [0.1, 0.15) is 11.1 Å². The summed E-state index contributed by atoms with van der Waals surface area (Å²) in [6.07, 6.45) is 1.85. The second kappa shape index (κ2) is 5.25. The predicted molar refractivity (Wildman–Crippen MR) is 88.6 cm³/mol. The molecule has 0 radical (unpaired) electrons. The Labute approximate surface area is 127 Å². The summed E-state index contributed by atoms with van der Waals surface area (Å²) in [6.45, 7) is 4.19. The molecule has 1 aromatic heterocycles. The van der Waals surface area contributed by atoms with E-state index in [2.05, 4.69) is 70.4 Å². The minimum atomic E-state index is 1.05. The van der Waals surface area contributed by atoms with Gasteiger partial charge in [-0.15, -0.1) is 0 Å². The third-order valence-corrected chi connectivity index (χ3v) is 3.92. The van der Waals surface area contributed by atoms with E-state index in [9.17, 15) is 0 Å². The highest BCUT2D eigenvalue weighted by atomic mass is 79.9. The molecule has 0 atom stereocenters. The quantitative estimate of drug-likeness (QED) is 0.685. The summed E-state index contributed by atoms with van der Waals surface area (Å²) in [4.78, 5) is 4.47. The van der Waals surface area contributed by atoms with Crippen LogP contribution in [0.25, 0.3) is 10.9 Å². The monoisotopic (exact) mass is 326 g/mol. The Kier molecular flexibility index (Phi) is 3.45. The van der Waals surface area contributed by atoms with Crippen molar-refractivity contribution in [2.24, 2.45) is 0 Å². The van der Waals surface area contributed by atoms with Gasteiger partial charge < -0.3 is 5.32 Å². The molecule has 3 rings (SSSR count). The van der Waals surface area contributed by atoms with Crippen molar-refractivity contribution in [1.82, 2.24) is 4.98 Å². The lowest BCUT2D eigenvalue weighted by molar-refractivity contribution is 1.35. The minimum absolute atomic E-state index is 1.05. The molecular weight excluding hydrogens is 312 g/mol. The van der Waals surface area contributed by atoms with Crippen LogP contribution in [0.4, 0.5) is 11.4 Å². The van der Waals surface area contributed by atoms with Crippen LogP contribution in [-0.2, 0) is 0 Å². The zero-order chi connectivity index (χ0) is 14.1. The lowest BCUT2D eigenvalue weighted by atomic mass is 10.1. The number of nitrogens with zero attached hydrogens (tertiary/aromatic N) is 1. The number of para-hydroxylation sites is 1. The molecule has 100 valence electrons. The second-order valence-corrected chi connectivity index (χ2v) is 5.83. The molecule has 0 saturated heterocycles. The first-order valence-corrected chi connectivity index (χ1v) is 7.32. The molecule has 0 amide bonds. The molecule has 0 saturated carbocycles. The molecule has 1 heterocycles. The number of aryl methyl sites for hydroxylation is 2. The first kappa shape index (κ1) is 13.1. The third-order valence-electron chi connectivity index (χ3n) is 3.43. The van der Waals surface area contributed by atoms with Crippen LogP contribution in [-0.4, -0.2) is 4.98 Å². The molecule has 0 unspecified atom stereocenters. The van der Waals surface area contributed by atoms with E-state index in [0.717, 1.165) is 26.8 Å². The highest BCUT2D eigenvalue weighted by Crippen LogP contribution is 2.29. The van der Waals surface area contributed by atoms with Gasteiger partial charge in [0.15, 0.2) is 0 Å². The van der Waals surface area contributed by atoms with Gasteiger partial charge in [-0.05, 0) is 49.2 Å². The van der Waals surface area contributed by atoms with Crippen molar-refractivity contribution in [3.05, 3.63) is 64.3 Å². The standard InChI is InChI=1S/C17H15BrN2/c1-11-4-3-5-14-16(8-9-19-17(11)14)20-15-7-6-13(18)10-12(15)2/h3-10H,1-2H3,(H,19,20). The van der Waals surface area contributed by atoms with Crippen LogP contribution in [0.2, 0.25) is 0 Å². The zero-order valence-corrected chi connectivity index (χ0v) is 13.0. The number of nitrogens with one attached hydrogen (secondary N) is 1. The summed E-state index contributed by atoms with van der Waals surface area (Å²) >= 11 is 3.49. The first-order valence-electron chi connectivity index (χ1n) is 6.52. The highest BCUT2D eigenvalue weighted by Gasteiger charge is 2.05. The third kappa shape index (κ3) is 2.41. The smallest absolute Gasteiger partial charge is 0.0751 e. The van der Waals surface area contributed by atoms with Crippen molar-refractivity contribution in [3.8, 4) is 0 Å². The van der Waals surface area contributed by atoms with Gasteiger partial charge in [0.2, 0.25) is 0 Å². The molecular formula is C17H15BrN2. The number of aromatic nitrogens is 1. The van der Waals surface area contributed by atoms with Gasteiger partial charge in [-0.25, -0.2) is 0 Å². The summed E-state index contributed by atoms with van der Waals surface area (Å²) in [5.41, 5.74) is 5.65.